The third-order valence-corrected chi connectivity index (χ3v) is 2.16. The molecule has 2 aromatic heterocycles. The van der Waals surface area contributed by atoms with Gasteiger partial charge in [-0.25, -0.2) is 0 Å². The maximum atomic E-state index is 4.34. The fourth-order valence-electron chi connectivity index (χ4n) is 1.47. The topological polar surface area (TPSA) is 46.0 Å². The molecule has 0 amide bonds. The summed E-state index contributed by atoms with van der Waals surface area (Å²) >= 11 is 0. The summed E-state index contributed by atoms with van der Waals surface area (Å²) in [6, 6.07) is 12.1. The Labute approximate surface area is 80.2 Å². The van der Waals surface area contributed by atoms with Gasteiger partial charge in [0.15, 0.2) is 0 Å². The van der Waals surface area contributed by atoms with Gasteiger partial charge >= 0.3 is 0 Å². The molecule has 0 unspecified atom stereocenters. The van der Waals surface area contributed by atoms with E-state index in [0.29, 0.717) is 0 Å². The molecule has 0 saturated heterocycles. The number of hydrogen-bond donors (Lipinski definition) is 1. The van der Waals surface area contributed by atoms with Gasteiger partial charge in [0.05, 0.1) is 11.9 Å². The predicted octanol–water partition coefficient (Wildman–Crippen LogP) is 1.72. The number of H-pyrrole nitrogens is 1. The number of aromatic amines is 1. The van der Waals surface area contributed by atoms with Gasteiger partial charge in [0, 0.05) is 5.56 Å². The van der Waals surface area contributed by atoms with Crippen LogP contribution in [0.2, 0.25) is 0 Å². The third-order valence-electron chi connectivity index (χ3n) is 2.16. The third kappa shape index (κ3) is 1.01. The van der Waals surface area contributed by atoms with Crippen LogP contribution < -0.4 is 0 Å². The van der Waals surface area contributed by atoms with Gasteiger partial charge in [0.1, 0.15) is 5.52 Å². The van der Waals surface area contributed by atoms with Gasteiger partial charge in [-0.15, -0.1) is 0 Å². The average molecular weight is 184 g/mol. The van der Waals surface area contributed by atoms with Gasteiger partial charge in [-0.1, -0.05) is 30.3 Å². The molecule has 1 aromatic carbocycles. The number of benzene rings is 1. The highest BCUT2D eigenvalue weighted by Crippen LogP contribution is 2.17. The quantitative estimate of drug-likeness (QED) is 0.626. The minimum absolute atomic E-state index is 0.958. The van der Waals surface area contributed by atoms with E-state index < -0.39 is 0 Å². The minimum Gasteiger partial charge on any atom is -0.197 e. The maximum absolute atomic E-state index is 4.34. The van der Waals surface area contributed by atoms with Crippen molar-refractivity contribution >= 4 is 5.52 Å². The highest BCUT2D eigenvalue weighted by atomic mass is 15.5. The Bertz CT molecular complexity index is 521. The number of fused-ring (bicyclic) bond motifs is 1. The lowest BCUT2D eigenvalue weighted by Crippen LogP contribution is -1.87. The zero-order valence-electron chi connectivity index (χ0n) is 7.38. The molecule has 0 atom stereocenters. The normalized spacial score (nSPS) is 10.9. The summed E-state index contributed by atoms with van der Waals surface area (Å²) in [5.41, 5.74) is 3.05. The maximum Gasteiger partial charge on any atom is 0.107 e. The molecule has 0 radical (unpaired) electrons. The number of aromatic nitrogens is 4. The van der Waals surface area contributed by atoms with Gasteiger partial charge in [-0.3, -0.25) is 0 Å². The fourth-order valence-corrected chi connectivity index (χ4v) is 1.47. The lowest BCUT2D eigenvalue weighted by molar-refractivity contribution is 0.760. The van der Waals surface area contributed by atoms with E-state index in [0.717, 1.165) is 16.8 Å². The Morgan fingerprint density at radius 1 is 1.14 bits per heavy atom. The molecule has 0 fully saturated rings. The van der Waals surface area contributed by atoms with Gasteiger partial charge in [0.2, 0.25) is 0 Å². The first-order valence-corrected chi connectivity index (χ1v) is 4.38. The molecule has 0 bridgehead atoms. The minimum atomic E-state index is 0.958. The van der Waals surface area contributed by atoms with Crippen molar-refractivity contribution in [3.8, 4) is 11.3 Å². The zero-order valence-corrected chi connectivity index (χ0v) is 7.38. The van der Waals surface area contributed by atoms with Crippen molar-refractivity contribution in [3.05, 3.63) is 42.6 Å². The van der Waals surface area contributed by atoms with E-state index in [-0.39, 0.29) is 0 Å². The van der Waals surface area contributed by atoms with Crippen LogP contribution in [-0.4, -0.2) is 20.0 Å². The molecule has 0 saturated carbocycles. The van der Waals surface area contributed by atoms with Gasteiger partial charge in [0.25, 0.3) is 0 Å². The van der Waals surface area contributed by atoms with Gasteiger partial charge < -0.3 is 0 Å². The summed E-state index contributed by atoms with van der Waals surface area (Å²) in [7, 11) is 0. The second kappa shape index (κ2) is 2.70. The summed E-state index contributed by atoms with van der Waals surface area (Å²) in [6.07, 6.45) is 1.75. The number of hydrogen-bond acceptors (Lipinski definition) is 2. The lowest BCUT2D eigenvalue weighted by Gasteiger charge is -1.92. The molecule has 0 spiro atoms. The summed E-state index contributed by atoms with van der Waals surface area (Å²) in [4.78, 5) is 0. The Hall–Kier alpha value is -2.10. The predicted molar refractivity (Wildman–Crippen MR) is 52.8 cm³/mol. The molecule has 4 heteroatoms. The molecule has 2 heterocycles. The Balaban J connectivity index is 2.19. The molecule has 0 aliphatic heterocycles. The first-order chi connectivity index (χ1) is 6.93. The van der Waals surface area contributed by atoms with E-state index in [1.807, 2.05) is 36.4 Å². The van der Waals surface area contributed by atoms with Crippen LogP contribution in [0, 0.1) is 0 Å². The zero-order chi connectivity index (χ0) is 9.38. The summed E-state index contributed by atoms with van der Waals surface area (Å²) in [5, 5.41) is 11.0. The molecule has 14 heavy (non-hydrogen) atoms. The van der Waals surface area contributed by atoms with Crippen molar-refractivity contribution in [2.75, 3.05) is 0 Å². The van der Waals surface area contributed by atoms with Crippen LogP contribution in [0.25, 0.3) is 16.8 Å². The van der Waals surface area contributed by atoms with Gasteiger partial charge in [-0.2, -0.15) is 20.0 Å². The number of rotatable bonds is 1. The fraction of sp³-hybridized carbons (Fsp3) is 0. The SMILES string of the molecule is c1ccc(-c2cc3cn[nH]n3n2)cc1. The van der Waals surface area contributed by atoms with Crippen LogP contribution in [0.1, 0.15) is 0 Å². The molecule has 1 N–H and O–H groups in total. The molecule has 3 rings (SSSR count). The highest BCUT2D eigenvalue weighted by Gasteiger charge is 2.03. The van der Waals surface area contributed by atoms with Crippen LogP contribution in [0.3, 0.4) is 0 Å². The molecule has 4 nitrogen and oxygen atoms in total. The van der Waals surface area contributed by atoms with E-state index in [1.165, 1.54) is 0 Å². The Morgan fingerprint density at radius 2 is 2.00 bits per heavy atom. The second-order valence-corrected chi connectivity index (χ2v) is 3.09. The molecular formula is C10H8N4. The summed E-state index contributed by atoms with van der Waals surface area (Å²) < 4.78 is 1.66. The molecule has 0 aliphatic carbocycles. The Kier molecular flexibility index (Phi) is 1.41. The first-order valence-electron chi connectivity index (χ1n) is 4.38. The number of nitrogens with one attached hydrogen (secondary N) is 1. The first kappa shape index (κ1) is 7.32. The summed E-state index contributed by atoms with van der Waals surface area (Å²) in [5.74, 6) is 0. The van der Waals surface area contributed by atoms with Crippen LogP contribution >= 0.6 is 0 Å². The highest BCUT2D eigenvalue weighted by molar-refractivity contribution is 5.64. The van der Waals surface area contributed by atoms with Crippen LogP contribution in [0.4, 0.5) is 0 Å². The number of nitrogens with zero attached hydrogens (tertiary/aromatic N) is 3. The largest absolute Gasteiger partial charge is 0.197 e. The van der Waals surface area contributed by atoms with Crippen molar-refractivity contribution in [1.82, 2.24) is 20.0 Å². The van der Waals surface area contributed by atoms with Crippen LogP contribution in [0.5, 0.6) is 0 Å². The average Bonchev–Trinajstić information content (AvgIpc) is 2.78. The van der Waals surface area contributed by atoms with E-state index in [2.05, 4.69) is 15.4 Å². The van der Waals surface area contributed by atoms with E-state index in [9.17, 15) is 0 Å². The lowest BCUT2D eigenvalue weighted by atomic mass is 10.1. The van der Waals surface area contributed by atoms with E-state index in [4.69, 9.17) is 0 Å². The molecule has 68 valence electrons. The summed E-state index contributed by atoms with van der Waals surface area (Å²) in [6.45, 7) is 0. The van der Waals surface area contributed by atoms with Crippen LogP contribution in [0.15, 0.2) is 42.6 Å². The van der Waals surface area contributed by atoms with Crippen molar-refractivity contribution in [3.63, 3.8) is 0 Å². The second-order valence-electron chi connectivity index (χ2n) is 3.09. The molecule has 0 aliphatic rings. The van der Waals surface area contributed by atoms with Crippen LogP contribution in [-0.2, 0) is 0 Å². The van der Waals surface area contributed by atoms with Crippen molar-refractivity contribution < 1.29 is 0 Å². The van der Waals surface area contributed by atoms with E-state index in [1.54, 1.807) is 10.8 Å². The van der Waals surface area contributed by atoms with E-state index >= 15 is 0 Å². The standard InChI is InChI=1S/C10H8N4/c1-2-4-8(5-3-1)10-6-9-7-11-13-14(9)12-10/h1-7,13H. The van der Waals surface area contributed by atoms with Gasteiger partial charge in [-0.05, 0) is 6.07 Å². The van der Waals surface area contributed by atoms with Crippen molar-refractivity contribution in [2.45, 2.75) is 0 Å². The van der Waals surface area contributed by atoms with Crippen molar-refractivity contribution in [2.24, 2.45) is 0 Å². The monoisotopic (exact) mass is 184 g/mol. The smallest absolute Gasteiger partial charge is 0.107 e. The Morgan fingerprint density at radius 3 is 2.79 bits per heavy atom. The molecular weight excluding hydrogens is 176 g/mol. The molecule has 3 aromatic rings. The van der Waals surface area contributed by atoms with Crippen molar-refractivity contribution in [1.29, 1.82) is 0 Å².